The number of allylic oxidation sites excluding steroid dienone is 1. The Morgan fingerprint density at radius 3 is 2.52 bits per heavy atom. The summed E-state index contributed by atoms with van der Waals surface area (Å²) in [7, 11) is 0. The van der Waals surface area contributed by atoms with Gasteiger partial charge in [0, 0.05) is 16.4 Å². The summed E-state index contributed by atoms with van der Waals surface area (Å²) in [5.41, 5.74) is 11.5. The summed E-state index contributed by atoms with van der Waals surface area (Å²) in [5, 5.41) is 12.1. The van der Waals surface area contributed by atoms with Crippen molar-refractivity contribution < 1.29 is 9.90 Å². The highest BCUT2D eigenvalue weighted by Gasteiger charge is 2.22. The Bertz CT molecular complexity index is 570. The number of hydrogen-bond acceptors (Lipinski definition) is 6. The minimum absolute atomic E-state index is 0.0564. The van der Waals surface area contributed by atoms with Crippen molar-refractivity contribution in [3.8, 4) is 0 Å². The van der Waals surface area contributed by atoms with Gasteiger partial charge in [0.1, 0.15) is 12.2 Å². The number of carbonyl (C=O) groups excluding carboxylic acids is 1. The number of rotatable bonds is 5. The number of aliphatic hydroxyl groups is 1. The average Bonchev–Trinajstić information content (AvgIpc) is 3.40. The number of benzene rings is 1. The first-order valence-corrected chi connectivity index (χ1v) is 8.35. The molecule has 1 aliphatic heterocycles. The molecule has 2 aliphatic rings. The normalized spacial score (nSPS) is 20.2. The lowest BCUT2D eigenvalue weighted by atomic mass is 10.1. The Hall–Kier alpha value is -1.83. The molecular formula is C16H22N4O2S. The van der Waals surface area contributed by atoms with Crippen LogP contribution in [-0.2, 0) is 4.79 Å². The van der Waals surface area contributed by atoms with E-state index in [0.29, 0.717) is 0 Å². The van der Waals surface area contributed by atoms with Gasteiger partial charge in [0.25, 0.3) is 0 Å². The van der Waals surface area contributed by atoms with Crippen LogP contribution < -0.4 is 16.8 Å². The van der Waals surface area contributed by atoms with Crippen LogP contribution in [0.5, 0.6) is 0 Å². The fraction of sp³-hybridized carbons (Fsp3) is 0.375. The average molecular weight is 334 g/mol. The van der Waals surface area contributed by atoms with Gasteiger partial charge in [0.05, 0.1) is 6.61 Å². The molecule has 23 heavy (non-hydrogen) atoms. The maximum Gasteiger partial charge on any atom is 0.238 e. The smallest absolute Gasteiger partial charge is 0.238 e. The highest BCUT2D eigenvalue weighted by molar-refractivity contribution is 8.00. The number of aliphatic hydroxyl groups excluding tert-OH is 1. The quantitative estimate of drug-likeness (QED) is 0.639. The molecular weight excluding hydrogens is 312 g/mol. The van der Waals surface area contributed by atoms with Crippen LogP contribution in [0.2, 0.25) is 0 Å². The standard InChI is InChI=1S/C11H14N2OS.C5H8N2O/c12-10(11(13)14)7-1-3-8(4-2-7)15-9-5-6-9;8-4-5-6-2-1-3-7-5/h1-4,9-10H,5-6,12H2,(H2,13,14);1-3,5-6,8H,4H2. The SMILES string of the molecule is NC(=O)C(N)c1ccc(SC2CC2)cc1.OCC1N=CC=CN1. The van der Waals surface area contributed by atoms with Crippen molar-refractivity contribution in [2.75, 3.05) is 6.61 Å². The van der Waals surface area contributed by atoms with Crippen LogP contribution in [0.3, 0.4) is 0 Å². The number of nitrogens with one attached hydrogen (secondary N) is 1. The molecule has 2 unspecified atom stereocenters. The summed E-state index contributed by atoms with van der Waals surface area (Å²) in [4.78, 5) is 16.0. The van der Waals surface area contributed by atoms with Crippen molar-refractivity contribution in [3.05, 3.63) is 42.1 Å². The summed E-state index contributed by atoms with van der Waals surface area (Å²) in [6, 6.07) is 7.06. The fourth-order valence-corrected chi connectivity index (χ4v) is 2.85. The second-order valence-corrected chi connectivity index (χ2v) is 6.66. The molecule has 0 radical (unpaired) electrons. The van der Waals surface area contributed by atoms with E-state index in [-0.39, 0.29) is 12.8 Å². The lowest BCUT2D eigenvalue weighted by Crippen LogP contribution is -2.28. The number of thioether (sulfide) groups is 1. The fourth-order valence-electron chi connectivity index (χ4n) is 1.80. The Morgan fingerprint density at radius 2 is 2.09 bits per heavy atom. The van der Waals surface area contributed by atoms with Crippen LogP contribution in [0.1, 0.15) is 24.4 Å². The second-order valence-electron chi connectivity index (χ2n) is 5.29. The van der Waals surface area contributed by atoms with Crippen molar-refractivity contribution in [2.45, 2.75) is 35.2 Å². The first-order valence-electron chi connectivity index (χ1n) is 7.47. The number of primary amides is 1. The third kappa shape index (κ3) is 6.05. The van der Waals surface area contributed by atoms with Gasteiger partial charge in [-0.3, -0.25) is 9.79 Å². The maximum absolute atomic E-state index is 10.9. The molecule has 1 saturated carbocycles. The van der Waals surface area contributed by atoms with Crippen LogP contribution in [-0.4, -0.2) is 35.3 Å². The molecule has 0 aromatic heterocycles. The van der Waals surface area contributed by atoms with Gasteiger partial charge in [-0.15, -0.1) is 11.8 Å². The van der Waals surface area contributed by atoms with Gasteiger partial charge in [-0.25, -0.2) is 0 Å². The summed E-state index contributed by atoms with van der Waals surface area (Å²) in [5.74, 6) is -0.488. The molecule has 6 nitrogen and oxygen atoms in total. The van der Waals surface area contributed by atoms with Crippen LogP contribution >= 0.6 is 11.8 Å². The van der Waals surface area contributed by atoms with Crippen LogP contribution in [0.25, 0.3) is 0 Å². The van der Waals surface area contributed by atoms with E-state index >= 15 is 0 Å². The predicted molar refractivity (Wildman–Crippen MR) is 93.1 cm³/mol. The first-order chi connectivity index (χ1) is 11.1. The van der Waals surface area contributed by atoms with Crippen LogP contribution in [0.15, 0.2) is 46.4 Å². The molecule has 0 spiro atoms. The van der Waals surface area contributed by atoms with Gasteiger partial charge < -0.3 is 21.9 Å². The molecule has 3 rings (SSSR count). The number of nitrogens with two attached hydrogens (primary N) is 2. The highest BCUT2D eigenvalue weighted by Crippen LogP contribution is 2.39. The lowest BCUT2D eigenvalue weighted by molar-refractivity contribution is -0.119. The van der Waals surface area contributed by atoms with Gasteiger partial charge in [-0.1, -0.05) is 12.1 Å². The van der Waals surface area contributed by atoms with E-state index in [1.165, 1.54) is 17.7 Å². The minimum atomic E-state index is -0.690. The van der Waals surface area contributed by atoms with Crippen molar-refractivity contribution in [3.63, 3.8) is 0 Å². The zero-order chi connectivity index (χ0) is 16.7. The van der Waals surface area contributed by atoms with Gasteiger partial charge in [0.2, 0.25) is 5.91 Å². The Labute approximate surface area is 140 Å². The van der Waals surface area contributed by atoms with Gasteiger partial charge in [0.15, 0.2) is 0 Å². The van der Waals surface area contributed by atoms with Gasteiger partial charge >= 0.3 is 0 Å². The van der Waals surface area contributed by atoms with E-state index in [0.717, 1.165) is 10.8 Å². The summed E-state index contributed by atoms with van der Waals surface area (Å²) in [6.45, 7) is 0.0564. The molecule has 0 saturated heterocycles. The zero-order valence-electron chi connectivity index (χ0n) is 12.8. The molecule has 7 heteroatoms. The number of carbonyl (C=O) groups is 1. The van der Waals surface area contributed by atoms with E-state index in [2.05, 4.69) is 10.3 Å². The van der Waals surface area contributed by atoms with E-state index < -0.39 is 11.9 Å². The van der Waals surface area contributed by atoms with E-state index in [1.807, 2.05) is 36.0 Å². The Morgan fingerprint density at radius 1 is 1.39 bits per heavy atom. The molecule has 1 aliphatic carbocycles. The molecule has 6 N–H and O–H groups in total. The van der Waals surface area contributed by atoms with E-state index in [1.54, 1.807) is 18.5 Å². The summed E-state index contributed by atoms with van der Waals surface area (Å²) in [6.07, 6.45) is 7.71. The predicted octanol–water partition coefficient (Wildman–Crippen LogP) is 0.919. The first kappa shape index (κ1) is 17.5. The van der Waals surface area contributed by atoms with Crippen molar-refractivity contribution in [1.82, 2.24) is 5.32 Å². The largest absolute Gasteiger partial charge is 0.392 e. The highest BCUT2D eigenvalue weighted by atomic mass is 32.2. The monoisotopic (exact) mass is 334 g/mol. The lowest BCUT2D eigenvalue weighted by Gasteiger charge is -2.10. The number of amides is 1. The topological polar surface area (TPSA) is 114 Å². The number of hydrogen-bond donors (Lipinski definition) is 4. The molecule has 1 aromatic carbocycles. The molecule has 1 heterocycles. The van der Waals surface area contributed by atoms with E-state index in [4.69, 9.17) is 16.6 Å². The molecule has 1 aromatic rings. The summed E-state index contributed by atoms with van der Waals surface area (Å²) < 4.78 is 0. The third-order valence-corrected chi connectivity index (χ3v) is 4.63. The number of nitrogens with zero attached hydrogens (tertiary/aromatic N) is 1. The Balaban J connectivity index is 0.000000203. The number of aliphatic imine (C=N–C) groups is 1. The van der Waals surface area contributed by atoms with Crippen molar-refractivity contribution in [2.24, 2.45) is 16.5 Å². The van der Waals surface area contributed by atoms with Gasteiger partial charge in [-0.05, 0) is 42.8 Å². The zero-order valence-corrected chi connectivity index (χ0v) is 13.6. The van der Waals surface area contributed by atoms with Gasteiger partial charge in [-0.2, -0.15) is 0 Å². The Kier molecular flexibility index (Phi) is 6.64. The van der Waals surface area contributed by atoms with Crippen LogP contribution in [0.4, 0.5) is 0 Å². The molecule has 1 amide bonds. The second kappa shape index (κ2) is 8.71. The molecule has 0 bridgehead atoms. The summed E-state index contributed by atoms with van der Waals surface area (Å²) >= 11 is 1.88. The van der Waals surface area contributed by atoms with Crippen LogP contribution in [0, 0.1) is 0 Å². The van der Waals surface area contributed by atoms with E-state index in [9.17, 15) is 4.79 Å². The molecule has 2 atom stereocenters. The van der Waals surface area contributed by atoms with Crippen molar-refractivity contribution >= 4 is 23.9 Å². The minimum Gasteiger partial charge on any atom is -0.392 e. The molecule has 124 valence electrons. The third-order valence-electron chi connectivity index (χ3n) is 3.28. The van der Waals surface area contributed by atoms with Crippen molar-refractivity contribution in [1.29, 1.82) is 0 Å². The maximum atomic E-state index is 10.9. The molecule has 1 fully saturated rings.